The molecule has 0 amide bonds. The summed E-state index contributed by atoms with van der Waals surface area (Å²) in [4.78, 5) is 0. The lowest BCUT2D eigenvalue weighted by Gasteiger charge is -2.31. The molecular formula is C18H20BrNO2. The van der Waals surface area contributed by atoms with Gasteiger partial charge in [-0.1, -0.05) is 58.4 Å². The first kappa shape index (κ1) is 15.7. The van der Waals surface area contributed by atoms with Crippen molar-refractivity contribution in [2.75, 3.05) is 26.3 Å². The molecule has 2 unspecified atom stereocenters. The molecule has 0 radical (unpaired) electrons. The molecule has 1 aliphatic heterocycles. The minimum atomic E-state index is -0.0314. The average molecular weight is 362 g/mol. The van der Waals surface area contributed by atoms with Crippen molar-refractivity contribution in [3.8, 4) is 11.1 Å². The van der Waals surface area contributed by atoms with Crippen LogP contribution in [0.3, 0.4) is 0 Å². The van der Waals surface area contributed by atoms with E-state index in [-0.39, 0.29) is 18.6 Å². The quantitative estimate of drug-likeness (QED) is 0.878. The third-order valence-electron chi connectivity index (χ3n) is 4.13. The van der Waals surface area contributed by atoms with Crippen molar-refractivity contribution in [2.24, 2.45) is 0 Å². The normalized spacial score (nSPS) is 19.8. The summed E-state index contributed by atoms with van der Waals surface area (Å²) in [5.74, 6) is -0.0314. The van der Waals surface area contributed by atoms with E-state index in [2.05, 4.69) is 39.4 Å². The zero-order valence-corrected chi connectivity index (χ0v) is 13.9. The molecule has 1 aliphatic rings. The maximum Gasteiger partial charge on any atom is 0.0790 e. The number of hydrogen-bond acceptors (Lipinski definition) is 3. The summed E-state index contributed by atoms with van der Waals surface area (Å²) in [6.07, 6.45) is 0.00221. The molecule has 0 saturated carbocycles. The molecular weight excluding hydrogens is 342 g/mol. The SMILES string of the molecule is OCC(c1ccccc1-c1ccccc1Br)C1CNCCO1. The fraction of sp³-hybridized carbons (Fsp3) is 0.333. The van der Waals surface area contributed by atoms with Crippen LogP contribution in [-0.4, -0.2) is 37.5 Å². The number of halogens is 1. The topological polar surface area (TPSA) is 41.5 Å². The van der Waals surface area contributed by atoms with E-state index in [0.717, 1.165) is 34.3 Å². The molecule has 22 heavy (non-hydrogen) atoms. The van der Waals surface area contributed by atoms with Gasteiger partial charge in [-0.2, -0.15) is 0 Å². The van der Waals surface area contributed by atoms with Gasteiger partial charge in [0.15, 0.2) is 0 Å². The van der Waals surface area contributed by atoms with E-state index >= 15 is 0 Å². The Bertz CT molecular complexity index is 626. The van der Waals surface area contributed by atoms with Crippen molar-refractivity contribution in [1.82, 2.24) is 5.32 Å². The molecule has 1 saturated heterocycles. The van der Waals surface area contributed by atoms with Gasteiger partial charge in [0.25, 0.3) is 0 Å². The zero-order valence-electron chi connectivity index (χ0n) is 12.3. The van der Waals surface area contributed by atoms with Crippen LogP contribution in [0.5, 0.6) is 0 Å². The Morgan fingerprint density at radius 1 is 1.14 bits per heavy atom. The maximum atomic E-state index is 9.95. The highest BCUT2D eigenvalue weighted by molar-refractivity contribution is 9.10. The summed E-state index contributed by atoms with van der Waals surface area (Å²) in [5.41, 5.74) is 3.41. The molecule has 0 bridgehead atoms. The number of aliphatic hydroxyl groups is 1. The van der Waals surface area contributed by atoms with Gasteiger partial charge < -0.3 is 15.2 Å². The molecule has 1 fully saturated rings. The lowest BCUT2D eigenvalue weighted by atomic mass is 9.87. The van der Waals surface area contributed by atoms with Crippen molar-refractivity contribution < 1.29 is 9.84 Å². The number of nitrogens with one attached hydrogen (secondary N) is 1. The van der Waals surface area contributed by atoms with Crippen LogP contribution in [0.4, 0.5) is 0 Å². The van der Waals surface area contributed by atoms with Crippen LogP contribution in [-0.2, 0) is 4.74 Å². The highest BCUT2D eigenvalue weighted by atomic mass is 79.9. The van der Waals surface area contributed by atoms with Gasteiger partial charge in [-0.15, -0.1) is 0 Å². The lowest BCUT2D eigenvalue weighted by Crippen LogP contribution is -2.42. The molecule has 0 spiro atoms. The Kier molecular flexibility index (Phi) is 5.26. The molecule has 4 heteroatoms. The lowest BCUT2D eigenvalue weighted by molar-refractivity contribution is -0.00103. The van der Waals surface area contributed by atoms with Gasteiger partial charge in [0.1, 0.15) is 0 Å². The third kappa shape index (κ3) is 3.25. The predicted molar refractivity (Wildman–Crippen MR) is 92.0 cm³/mol. The molecule has 2 N–H and O–H groups in total. The average Bonchev–Trinajstić information content (AvgIpc) is 2.58. The van der Waals surface area contributed by atoms with Gasteiger partial charge in [-0.3, -0.25) is 0 Å². The minimum Gasteiger partial charge on any atom is -0.396 e. The van der Waals surface area contributed by atoms with Gasteiger partial charge in [-0.05, 0) is 22.8 Å². The smallest absolute Gasteiger partial charge is 0.0790 e. The fourth-order valence-electron chi connectivity index (χ4n) is 3.01. The molecule has 0 aliphatic carbocycles. The third-order valence-corrected chi connectivity index (χ3v) is 4.82. The summed E-state index contributed by atoms with van der Waals surface area (Å²) in [6, 6.07) is 16.4. The van der Waals surface area contributed by atoms with Crippen molar-refractivity contribution in [3.05, 3.63) is 58.6 Å². The van der Waals surface area contributed by atoms with Crippen LogP contribution in [0, 0.1) is 0 Å². The minimum absolute atomic E-state index is 0.00221. The number of hydrogen-bond donors (Lipinski definition) is 2. The highest BCUT2D eigenvalue weighted by Crippen LogP contribution is 2.35. The van der Waals surface area contributed by atoms with E-state index in [1.54, 1.807) is 0 Å². The Balaban J connectivity index is 2.01. The molecule has 3 rings (SSSR count). The first-order valence-electron chi connectivity index (χ1n) is 7.58. The van der Waals surface area contributed by atoms with Gasteiger partial charge >= 0.3 is 0 Å². The van der Waals surface area contributed by atoms with Crippen LogP contribution in [0.15, 0.2) is 53.0 Å². The number of aliphatic hydroxyl groups excluding tert-OH is 1. The van der Waals surface area contributed by atoms with E-state index in [9.17, 15) is 5.11 Å². The Morgan fingerprint density at radius 2 is 1.86 bits per heavy atom. The van der Waals surface area contributed by atoms with Gasteiger partial charge in [-0.25, -0.2) is 0 Å². The van der Waals surface area contributed by atoms with Crippen molar-refractivity contribution in [2.45, 2.75) is 12.0 Å². The van der Waals surface area contributed by atoms with E-state index in [0.29, 0.717) is 6.61 Å². The van der Waals surface area contributed by atoms with E-state index in [1.807, 2.05) is 30.3 Å². The molecule has 116 valence electrons. The first-order chi connectivity index (χ1) is 10.8. The van der Waals surface area contributed by atoms with Crippen molar-refractivity contribution >= 4 is 15.9 Å². The number of rotatable bonds is 4. The fourth-order valence-corrected chi connectivity index (χ4v) is 3.50. The molecule has 1 heterocycles. The van der Waals surface area contributed by atoms with Crippen LogP contribution in [0.25, 0.3) is 11.1 Å². The molecule has 3 nitrogen and oxygen atoms in total. The zero-order chi connectivity index (χ0) is 15.4. The molecule has 2 aromatic carbocycles. The van der Waals surface area contributed by atoms with Crippen LogP contribution in [0.1, 0.15) is 11.5 Å². The first-order valence-corrected chi connectivity index (χ1v) is 8.37. The van der Waals surface area contributed by atoms with E-state index < -0.39 is 0 Å². The summed E-state index contributed by atoms with van der Waals surface area (Å²) in [5, 5.41) is 13.3. The summed E-state index contributed by atoms with van der Waals surface area (Å²) >= 11 is 3.63. The van der Waals surface area contributed by atoms with E-state index in [1.165, 1.54) is 0 Å². The van der Waals surface area contributed by atoms with E-state index in [4.69, 9.17) is 4.74 Å². The second-order valence-corrected chi connectivity index (χ2v) is 6.32. The van der Waals surface area contributed by atoms with Crippen LogP contribution < -0.4 is 5.32 Å². The second kappa shape index (κ2) is 7.38. The molecule has 2 aromatic rings. The monoisotopic (exact) mass is 361 g/mol. The Labute approximate surface area is 139 Å². The van der Waals surface area contributed by atoms with Gasteiger partial charge in [0.2, 0.25) is 0 Å². The number of benzene rings is 2. The largest absolute Gasteiger partial charge is 0.396 e. The van der Waals surface area contributed by atoms with Gasteiger partial charge in [0.05, 0.1) is 19.3 Å². The molecule has 0 aromatic heterocycles. The summed E-state index contributed by atoms with van der Waals surface area (Å²) in [7, 11) is 0. The van der Waals surface area contributed by atoms with Gasteiger partial charge in [0, 0.05) is 23.5 Å². The number of morpholine rings is 1. The second-order valence-electron chi connectivity index (χ2n) is 5.47. The van der Waals surface area contributed by atoms with Crippen molar-refractivity contribution in [3.63, 3.8) is 0 Å². The number of ether oxygens (including phenoxy) is 1. The Morgan fingerprint density at radius 3 is 2.55 bits per heavy atom. The Hall–Kier alpha value is -1.20. The van der Waals surface area contributed by atoms with Crippen LogP contribution in [0.2, 0.25) is 0 Å². The molecule has 2 atom stereocenters. The predicted octanol–water partition coefficient (Wildman–Crippen LogP) is 3.18. The maximum absolute atomic E-state index is 9.95. The standard InChI is InChI=1S/C18H20BrNO2/c19-17-8-4-3-7-15(17)13-5-1-2-6-14(13)16(12-21)18-11-20-9-10-22-18/h1-8,16,18,20-21H,9-12H2. The van der Waals surface area contributed by atoms with Crippen LogP contribution >= 0.6 is 15.9 Å². The summed E-state index contributed by atoms with van der Waals surface area (Å²) < 4.78 is 6.93. The summed E-state index contributed by atoms with van der Waals surface area (Å²) in [6.45, 7) is 2.42. The highest BCUT2D eigenvalue weighted by Gasteiger charge is 2.27. The van der Waals surface area contributed by atoms with Crippen molar-refractivity contribution in [1.29, 1.82) is 0 Å².